The van der Waals surface area contributed by atoms with Crippen molar-refractivity contribution in [1.29, 1.82) is 0 Å². The Balaban J connectivity index is 4.49. The first-order valence-electron chi connectivity index (χ1n) is 20.6. The average molecular weight is 755 g/mol. The Morgan fingerprint density at radius 3 is 1.61 bits per heavy atom. The van der Waals surface area contributed by atoms with Crippen LogP contribution >= 0.6 is 0 Å². The molecular formula is C46H76NO7+. The Labute approximate surface area is 329 Å². The number of likely N-dealkylation sites (N-methyl/N-ethyl adjacent to an activating group) is 1. The minimum atomic E-state index is -0.889. The highest BCUT2D eigenvalue weighted by molar-refractivity contribution is 5.72. The number of nitrogens with zero attached hydrogens (tertiary/aromatic N) is 1. The van der Waals surface area contributed by atoms with Gasteiger partial charge in [0.05, 0.1) is 34.4 Å². The van der Waals surface area contributed by atoms with Crippen molar-refractivity contribution < 1.29 is 38.2 Å². The first-order chi connectivity index (χ1) is 26.1. The molecule has 0 aliphatic rings. The van der Waals surface area contributed by atoms with Gasteiger partial charge in [-0.1, -0.05) is 125 Å². The molecule has 8 nitrogen and oxygen atoms in total. The Morgan fingerprint density at radius 2 is 1.09 bits per heavy atom. The topological polar surface area (TPSA) is 99.1 Å². The molecule has 0 fully saturated rings. The highest BCUT2D eigenvalue weighted by atomic mass is 16.6. The van der Waals surface area contributed by atoms with Crippen molar-refractivity contribution in [2.45, 2.75) is 148 Å². The molecule has 0 aliphatic carbocycles. The number of hydrogen-bond acceptors (Lipinski definition) is 6. The summed E-state index contributed by atoms with van der Waals surface area (Å²) in [6, 6.07) is -0.629. The molecule has 0 aromatic carbocycles. The minimum Gasteiger partial charge on any atom is -0.477 e. The lowest BCUT2D eigenvalue weighted by atomic mass is 10.1. The van der Waals surface area contributed by atoms with E-state index in [-0.39, 0.29) is 42.7 Å². The number of hydrogen-bond donors (Lipinski definition) is 1. The van der Waals surface area contributed by atoms with Gasteiger partial charge < -0.3 is 23.8 Å². The van der Waals surface area contributed by atoms with E-state index in [4.69, 9.17) is 14.2 Å². The molecule has 0 spiro atoms. The van der Waals surface area contributed by atoms with Crippen LogP contribution in [0.2, 0.25) is 0 Å². The second-order valence-corrected chi connectivity index (χ2v) is 14.5. The van der Waals surface area contributed by atoms with Crippen LogP contribution in [-0.2, 0) is 28.6 Å². The number of carboxylic acids is 1. The van der Waals surface area contributed by atoms with E-state index in [9.17, 15) is 19.5 Å². The van der Waals surface area contributed by atoms with Crippen LogP contribution in [0.5, 0.6) is 0 Å². The summed E-state index contributed by atoms with van der Waals surface area (Å²) in [5, 5.41) is 9.60. The summed E-state index contributed by atoms with van der Waals surface area (Å²) in [7, 11) is 5.49. The Morgan fingerprint density at radius 1 is 0.593 bits per heavy atom. The standard InChI is InChI=1S/C46H75NO7/c1-6-8-10-12-14-16-18-19-20-21-22-23-24-25-27-29-31-33-35-37-45(49)54-42(40-52-39-38-43(46(50)51)47(3,4)5)41-53-44(48)36-34-32-30-28-26-17-15-13-11-9-7-2/h8,10,13-17,19-20,22-23,25-27,42-43H,6-7,9,11-12,18,21,24,28-41H2,1-5H3/p+1/b10-8+,15-13+,16-14+,20-19+,23-22+,26-17+,27-25+. The number of carbonyl (C=O) groups is 3. The van der Waals surface area contributed by atoms with Gasteiger partial charge in [-0.15, -0.1) is 0 Å². The van der Waals surface area contributed by atoms with Crippen LogP contribution in [0.1, 0.15) is 136 Å². The number of allylic oxidation sites excluding steroid dienone is 14. The second-order valence-electron chi connectivity index (χ2n) is 14.5. The second kappa shape index (κ2) is 36.5. The maximum Gasteiger partial charge on any atom is 0.362 e. The highest BCUT2D eigenvalue weighted by Crippen LogP contribution is 2.11. The first-order valence-corrected chi connectivity index (χ1v) is 20.6. The summed E-state index contributed by atoms with van der Waals surface area (Å²) in [6.07, 6.45) is 46.3. The van der Waals surface area contributed by atoms with Crippen molar-refractivity contribution in [3.8, 4) is 0 Å². The zero-order chi connectivity index (χ0) is 40.0. The number of esters is 2. The van der Waals surface area contributed by atoms with Crippen LogP contribution in [0.15, 0.2) is 85.1 Å². The van der Waals surface area contributed by atoms with Crippen molar-refractivity contribution in [2.75, 3.05) is 41.0 Å². The number of carbonyl (C=O) groups excluding carboxylic acids is 2. The van der Waals surface area contributed by atoms with E-state index in [1.165, 1.54) is 12.8 Å². The van der Waals surface area contributed by atoms with Gasteiger partial charge in [-0.25, -0.2) is 4.79 Å². The van der Waals surface area contributed by atoms with Gasteiger partial charge in [-0.2, -0.15) is 0 Å². The van der Waals surface area contributed by atoms with Gasteiger partial charge in [0.2, 0.25) is 0 Å². The van der Waals surface area contributed by atoms with Gasteiger partial charge in [-0.3, -0.25) is 9.59 Å². The normalized spacial score (nSPS) is 13.9. The highest BCUT2D eigenvalue weighted by Gasteiger charge is 2.31. The van der Waals surface area contributed by atoms with Crippen molar-refractivity contribution >= 4 is 17.9 Å². The van der Waals surface area contributed by atoms with Gasteiger partial charge in [-0.05, 0) is 77.0 Å². The monoisotopic (exact) mass is 755 g/mol. The molecule has 0 amide bonds. The molecule has 0 saturated heterocycles. The van der Waals surface area contributed by atoms with Crippen molar-refractivity contribution in [3.05, 3.63) is 85.1 Å². The first kappa shape index (κ1) is 50.5. The van der Waals surface area contributed by atoms with E-state index in [0.717, 1.165) is 83.5 Å². The van der Waals surface area contributed by atoms with Crippen LogP contribution in [0, 0.1) is 0 Å². The van der Waals surface area contributed by atoms with Gasteiger partial charge >= 0.3 is 17.9 Å². The smallest absolute Gasteiger partial charge is 0.362 e. The molecule has 306 valence electrons. The van der Waals surface area contributed by atoms with Crippen LogP contribution in [0.25, 0.3) is 0 Å². The number of aliphatic carboxylic acids is 1. The summed E-state index contributed by atoms with van der Waals surface area (Å²) >= 11 is 0. The van der Waals surface area contributed by atoms with Gasteiger partial charge in [0, 0.05) is 19.3 Å². The molecule has 2 unspecified atom stereocenters. The lowest BCUT2D eigenvalue weighted by molar-refractivity contribution is -0.887. The molecule has 0 radical (unpaired) electrons. The van der Waals surface area contributed by atoms with E-state index >= 15 is 0 Å². The predicted octanol–water partition coefficient (Wildman–Crippen LogP) is 11.0. The summed E-state index contributed by atoms with van der Waals surface area (Å²) in [4.78, 5) is 36.8. The van der Waals surface area contributed by atoms with Crippen LogP contribution in [0.3, 0.4) is 0 Å². The van der Waals surface area contributed by atoms with E-state index in [2.05, 4.69) is 98.9 Å². The van der Waals surface area contributed by atoms with Gasteiger partial charge in [0.15, 0.2) is 12.1 Å². The van der Waals surface area contributed by atoms with E-state index < -0.39 is 18.1 Å². The average Bonchev–Trinajstić information content (AvgIpc) is 3.12. The van der Waals surface area contributed by atoms with Crippen LogP contribution in [-0.4, -0.2) is 80.6 Å². The van der Waals surface area contributed by atoms with Crippen molar-refractivity contribution in [2.24, 2.45) is 0 Å². The Bertz CT molecular complexity index is 1160. The van der Waals surface area contributed by atoms with Crippen LogP contribution < -0.4 is 0 Å². The lowest BCUT2D eigenvalue weighted by Gasteiger charge is -2.31. The fourth-order valence-electron chi connectivity index (χ4n) is 5.33. The summed E-state index contributed by atoms with van der Waals surface area (Å²) in [6.45, 7) is 4.47. The Hall–Kier alpha value is -3.49. The summed E-state index contributed by atoms with van der Waals surface area (Å²) in [5.74, 6) is -1.56. The van der Waals surface area contributed by atoms with E-state index in [1.807, 2.05) is 21.1 Å². The SMILES string of the molecule is CC/C=C/C/C=C/C/C=C/C/C=C/C/C=C/CCCCCC(=O)OC(COCCC(C(=O)O)[N+](C)(C)C)COC(=O)CCCCC/C=C/C=C/CCCC. The fraction of sp³-hybridized carbons (Fsp3) is 0.630. The molecule has 2 atom stereocenters. The maximum atomic E-state index is 12.7. The fourth-order valence-corrected chi connectivity index (χ4v) is 5.33. The zero-order valence-corrected chi connectivity index (χ0v) is 34.6. The molecule has 0 saturated carbocycles. The number of rotatable bonds is 35. The quantitative estimate of drug-likeness (QED) is 0.0226. The summed E-state index contributed by atoms with van der Waals surface area (Å²) in [5.41, 5.74) is 0. The third-order valence-corrected chi connectivity index (χ3v) is 8.56. The molecule has 1 N–H and O–H groups in total. The van der Waals surface area contributed by atoms with Gasteiger partial charge in [0.25, 0.3) is 0 Å². The van der Waals surface area contributed by atoms with Crippen LogP contribution in [0.4, 0.5) is 0 Å². The molecule has 0 heterocycles. The number of quaternary nitrogens is 1. The molecular weight excluding hydrogens is 679 g/mol. The molecule has 0 rings (SSSR count). The molecule has 0 bridgehead atoms. The Kier molecular flexibility index (Phi) is 34.1. The zero-order valence-electron chi connectivity index (χ0n) is 34.6. The summed E-state index contributed by atoms with van der Waals surface area (Å²) < 4.78 is 17.2. The lowest BCUT2D eigenvalue weighted by Crippen LogP contribution is -2.50. The molecule has 8 heteroatoms. The largest absolute Gasteiger partial charge is 0.477 e. The van der Waals surface area contributed by atoms with Crippen molar-refractivity contribution in [3.63, 3.8) is 0 Å². The molecule has 54 heavy (non-hydrogen) atoms. The van der Waals surface area contributed by atoms with Gasteiger partial charge in [0.1, 0.15) is 6.61 Å². The molecule has 0 aromatic heterocycles. The van der Waals surface area contributed by atoms with E-state index in [1.54, 1.807) is 0 Å². The number of ether oxygens (including phenoxy) is 3. The third-order valence-electron chi connectivity index (χ3n) is 8.56. The third kappa shape index (κ3) is 34.3. The van der Waals surface area contributed by atoms with Crippen molar-refractivity contribution in [1.82, 2.24) is 0 Å². The van der Waals surface area contributed by atoms with E-state index in [0.29, 0.717) is 19.3 Å². The number of carboxylic acid groups (broad SMARTS) is 1. The molecule has 0 aliphatic heterocycles. The maximum absolute atomic E-state index is 12.7. The molecule has 0 aromatic rings. The predicted molar refractivity (Wildman–Crippen MR) is 224 cm³/mol. The number of unbranched alkanes of at least 4 members (excludes halogenated alkanes) is 8. The minimum absolute atomic E-state index is 0.0335.